The van der Waals surface area contributed by atoms with Crippen LogP contribution in [0.25, 0.3) is 0 Å². The van der Waals surface area contributed by atoms with Crippen LogP contribution in [0.2, 0.25) is 0 Å². The second kappa shape index (κ2) is 6.56. The monoisotopic (exact) mass is 312 g/mol. The van der Waals surface area contributed by atoms with Gasteiger partial charge in [-0.15, -0.1) is 0 Å². The Morgan fingerprint density at radius 3 is 2.74 bits per heavy atom. The Morgan fingerprint density at radius 1 is 1.26 bits per heavy atom. The quantitative estimate of drug-likeness (QED) is 0.887. The largest absolute Gasteiger partial charge is 0.481 e. The van der Waals surface area contributed by atoms with Crippen LogP contribution in [0, 0.1) is 0 Å². The number of aromatic nitrogens is 1. The number of nitrogens with one attached hydrogen (secondary N) is 1. The van der Waals surface area contributed by atoms with Gasteiger partial charge in [0.1, 0.15) is 5.82 Å². The van der Waals surface area contributed by atoms with Crippen LogP contribution in [0.3, 0.4) is 0 Å². The van der Waals surface area contributed by atoms with Gasteiger partial charge in [0.15, 0.2) is 0 Å². The van der Waals surface area contributed by atoms with Crippen LogP contribution in [0.4, 0.5) is 17.2 Å². The van der Waals surface area contributed by atoms with Crippen molar-refractivity contribution < 1.29 is 9.53 Å². The number of hydrogen-bond acceptors (Lipinski definition) is 5. The number of ether oxygens (including phenoxy) is 1. The summed E-state index contributed by atoms with van der Waals surface area (Å²) in [5.41, 5.74) is 7.80. The van der Waals surface area contributed by atoms with Crippen molar-refractivity contribution in [2.75, 3.05) is 30.4 Å². The first-order chi connectivity index (χ1) is 11.2. The lowest BCUT2D eigenvalue weighted by Crippen LogP contribution is -2.23. The van der Waals surface area contributed by atoms with Gasteiger partial charge < -0.3 is 20.7 Å². The number of amides is 1. The highest BCUT2D eigenvalue weighted by molar-refractivity contribution is 5.99. The van der Waals surface area contributed by atoms with Gasteiger partial charge in [-0.3, -0.25) is 4.79 Å². The molecule has 1 aromatic carbocycles. The summed E-state index contributed by atoms with van der Waals surface area (Å²) < 4.78 is 5.13. The van der Waals surface area contributed by atoms with Gasteiger partial charge in [0.25, 0.3) is 5.91 Å². The van der Waals surface area contributed by atoms with E-state index < -0.39 is 5.91 Å². The minimum Gasteiger partial charge on any atom is -0.481 e. The number of nitrogens with two attached hydrogens (primary N) is 1. The molecule has 3 rings (SSSR count). The summed E-state index contributed by atoms with van der Waals surface area (Å²) in [6.45, 7) is 1.89. The number of anilines is 3. The minimum absolute atomic E-state index is 0.405. The second-order valence-electron chi connectivity index (χ2n) is 5.48. The number of primary amides is 1. The molecule has 2 aromatic rings. The normalized spacial score (nSPS) is 13.9. The van der Waals surface area contributed by atoms with Crippen molar-refractivity contribution in [3.05, 3.63) is 42.0 Å². The van der Waals surface area contributed by atoms with E-state index in [0.29, 0.717) is 17.3 Å². The molecule has 1 aliphatic rings. The van der Waals surface area contributed by atoms with E-state index in [9.17, 15) is 4.79 Å². The molecule has 0 radical (unpaired) electrons. The van der Waals surface area contributed by atoms with Crippen LogP contribution >= 0.6 is 0 Å². The second-order valence-corrected chi connectivity index (χ2v) is 5.48. The van der Waals surface area contributed by atoms with Crippen molar-refractivity contribution >= 4 is 23.1 Å². The molecule has 3 N–H and O–H groups in total. The van der Waals surface area contributed by atoms with E-state index in [1.165, 1.54) is 0 Å². The van der Waals surface area contributed by atoms with Crippen molar-refractivity contribution in [2.45, 2.75) is 12.8 Å². The van der Waals surface area contributed by atoms with Gasteiger partial charge in [0.2, 0.25) is 5.88 Å². The lowest BCUT2D eigenvalue weighted by Gasteiger charge is -2.21. The van der Waals surface area contributed by atoms with Gasteiger partial charge in [0.05, 0.1) is 18.4 Å². The highest BCUT2D eigenvalue weighted by Gasteiger charge is 2.18. The summed E-state index contributed by atoms with van der Waals surface area (Å²) in [7, 11) is 1.58. The van der Waals surface area contributed by atoms with E-state index in [1.807, 2.05) is 24.3 Å². The number of carbonyl (C=O) groups is 1. The Morgan fingerprint density at radius 2 is 2.04 bits per heavy atom. The molecular weight excluding hydrogens is 292 g/mol. The van der Waals surface area contributed by atoms with E-state index in [2.05, 4.69) is 15.2 Å². The van der Waals surface area contributed by atoms with E-state index in [4.69, 9.17) is 10.5 Å². The number of rotatable bonds is 5. The maximum atomic E-state index is 11.7. The van der Waals surface area contributed by atoms with Crippen LogP contribution in [0.5, 0.6) is 5.88 Å². The molecule has 6 nitrogen and oxygen atoms in total. The SMILES string of the molecule is COc1cccc(Nc2ccc(C(N)=O)c(N3CCCC3)c2)n1. The molecule has 2 heterocycles. The summed E-state index contributed by atoms with van der Waals surface area (Å²) in [4.78, 5) is 18.2. The average Bonchev–Trinajstić information content (AvgIpc) is 3.09. The third-order valence-corrected chi connectivity index (χ3v) is 3.92. The molecule has 0 spiro atoms. The van der Waals surface area contributed by atoms with Gasteiger partial charge in [0, 0.05) is 24.8 Å². The van der Waals surface area contributed by atoms with Crippen molar-refractivity contribution in [3.63, 3.8) is 0 Å². The zero-order valence-electron chi connectivity index (χ0n) is 13.1. The van der Waals surface area contributed by atoms with E-state index in [0.717, 1.165) is 37.3 Å². The molecule has 1 amide bonds. The molecule has 23 heavy (non-hydrogen) atoms. The molecular formula is C17H20N4O2. The van der Waals surface area contributed by atoms with Crippen molar-refractivity contribution in [2.24, 2.45) is 5.73 Å². The highest BCUT2D eigenvalue weighted by Crippen LogP contribution is 2.29. The first kappa shape index (κ1) is 15.1. The third kappa shape index (κ3) is 3.36. The molecule has 6 heteroatoms. The summed E-state index contributed by atoms with van der Waals surface area (Å²) in [6, 6.07) is 11.1. The number of nitrogens with zero attached hydrogens (tertiary/aromatic N) is 2. The Bertz CT molecular complexity index is 711. The predicted octanol–water partition coefficient (Wildman–Crippen LogP) is 2.53. The zero-order valence-corrected chi connectivity index (χ0v) is 13.1. The number of hydrogen-bond donors (Lipinski definition) is 2. The van der Waals surface area contributed by atoms with E-state index in [1.54, 1.807) is 19.2 Å². The van der Waals surface area contributed by atoms with Crippen LogP contribution in [0.15, 0.2) is 36.4 Å². The van der Waals surface area contributed by atoms with Gasteiger partial charge in [-0.05, 0) is 37.1 Å². The molecule has 0 saturated carbocycles. The molecule has 1 saturated heterocycles. The number of benzene rings is 1. The first-order valence-electron chi connectivity index (χ1n) is 7.64. The van der Waals surface area contributed by atoms with Gasteiger partial charge >= 0.3 is 0 Å². The van der Waals surface area contributed by atoms with Gasteiger partial charge in [-0.25, -0.2) is 0 Å². The molecule has 0 bridgehead atoms. The molecule has 120 valence electrons. The molecule has 1 aliphatic heterocycles. The van der Waals surface area contributed by atoms with Crippen molar-refractivity contribution in [3.8, 4) is 5.88 Å². The molecule has 0 atom stereocenters. The fourth-order valence-corrected chi connectivity index (χ4v) is 2.78. The summed E-state index contributed by atoms with van der Waals surface area (Å²) >= 11 is 0. The summed E-state index contributed by atoms with van der Waals surface area (Å²) in [5, 5.41) is 3.24. The van der Waals surface area contributed by atoms with Gasteiger partial charge in [-0.1, -0.05) is 6.07 Å². The number of pyridine rings is 1. The number of carbonyl (C=O) groups excluding carboxylic acids is 1. The fraction of sp³-hybridized carbons (Fsp3) is 0.294. The number of methoxy groups -OCH3 is 1. The maximum absolute atomic E-state index is 11.7. The highest BCUT2D eigenvalue weighted by atomic mass is 16.5. The summed E-state index contributed by atoms with van der Waals surface area (Å²) in [6.07, 6.45) is 2.26. The first-order valence-corrected chi connectivity index (χ1v) is 7.64. The Balaban J connectivity index is 1.90. The maximum Gasteiger partial charge on any atom is 0.250 e. The zero-order chi connectivity index (χ0) is 16.2. The standard InChI is InChI=1S/C17H20N4O2/c1-23-16-6-4-5-15(20-16)19-12-7-8-13(17(18)22)14(11-12)21-9-2-3-10-21/h4-8,11H,2-3,9-10H2,1H3,(H2,18,22)(H,19,20). The lowest BCUT2D eigenvalue weighted by atomic mass is 10.1. The van der Waals surface area contributed by atoms with Crippen LogP contribution in [0.1, 0.15) is 23.2 Å². The van der Waals surface area contributed by atoms with Gasteiger partial charge in [-0.2, -0.15) is 4.98 Å². The lowest BCUT2D eigenvalue weighted by molar-refractivity contribution is 0.100. The third-order valence-electron chi connectivity index (χ3n) is 3.92. The predicted molar refractivity (Wildman–Crippen MR) is 90.5 cm³/mol. The minimum atomic E-state index is -0.405. The Hall–Kier alpha value is -2.76. The average molecular weight is 312 g/mol. The van der Waals surface area contributed by atoms with Crippen molar-refractivity contribution in [1.82, 2.24) is 4.98 Å². The Kier molecular flexibility index (Phi) is 4.32. The van der Waals surface area contributed by atoms with Crippen LogP contribution in [-0.2, 0) is 0 Å². The fourth-order valence-electron chi connectivity index (χ4n) is 2.78. The molecule has 0 aliphatic carbocycles. The molecule has 1 fully saturated rings. The smallest absolute Gasteiger partial charge is 0.250 e. The molecule has 1 aromatic heterocycles. The van der Waals surface area contributed by atoms with E-state index >= 15 is 0 Å². The topological polar surface area (TPSA) is 80.5 Å². The van der Waals surface area contributed by atoms with E-state index in [-0.39, 0.29) is 0 Å². The van der Waals surface area contributed by atoms with Crippen LogP contribution in [-0.4, -0.2) is 31.1 Å². The van der Waals surface area contributed by atoms with Crippen molar-refractivity contribution in [1.29, 1.82) is 0 Å². The van der Waals surface area contributed by atoms with Crippen LogP contribution < -0.4 is 20.7 Å². The Labute approximate surface area is 135 Å². The summed E-state index contributed by atoms with van der Waals surface area (Å²) in [5.74, 6) is 0.824. The molecule has 0 unspecified atom stereocenters.